The van der Waals surface area contributed by atoms with Crippen molar-refractivity contribution in [3.05, 3.63) is 77.4 Å². The predicted molar refractivity (Wildman–Crippen MR) is 86.9 cm³/mol. The molecule has 0 aromatic heterocycles. The van der Waals surface area contributed by atoms with Crippen molar-refractivity contribution in [2.24, 2.45) is 0 Å². The topological polar surface area (TPSA) is 0 Å². The SMILES string of the molecule is Cc1ccc2ccccc2c1-c1cccc2c1C=CC2.[Zr]. The Balaban J connectivity index is 0.00000132. The van der Waals surface area contributed by atoms with Gasteiger partial charge in [0.25, 0.3) is 0 Å². The average molecular weight is 348 g/mol. The van der Waals surface area contributed by atoms with Crippen molar-refractivity contribution < 1.29 is 26.2 Å². The van der Waals surface area contributed by atoms with E-state index in [2.05, 4.69) is 73.7 Å². The first-order valence-corrected chi connectivity index (χ1v) is 7.12. The van der Waals surface area contributed by atoms with Crippen LogP contribution in [0.15, 0.2) is 60.7 Å². The molecule has 0 saturated heterocycles. The molecule has 3 aromatic rings. The second-order valence-electron chi connectivity index (χ2n) is 5.46. The van der Waals surface area contributed by atoms with E-state index in [0.717, 1.165) is 6.42 Å². The molecule has 0 atom stereocenters. The summed E-state index contributed by atoms with van der Waals surface area (Å²) >= 11 is 0. The molecule has 3 aromatic carbocycles. The molecule has 0 spiro atoms. The fourth-order valence-electron chi connectivity index (χ4n) is 3.25. The summed E-state index contributed by atoms with van der Waals surface area (Å²) in [5, 5.41) is 2.66. The second kappa shape index (κ2) is 5.74. The van der Waals surface area contributed by atoms with Crippen molar-refractivity contribution in [2.45, 2.75) is 13.3 Å². The molecule has 4 rings (SSSR count). The molecule has 0 aliphatic heterocycles. The molecule has 0 nitrogen and oxygen atoms in total. The Kier molecular flexibility index (Phi) is 3.95. The number of benzene rings is 3. The van der Waals surface area contributed by atoms with Gasteiger partial charge >= 0.3 is 0 Å². The van der Waals surface area contributed by atoms with E-state index < -0.39 is 0 Å². The maximum Gasteiger partial charge on any atom is 0 e. The summed E-state index contributed by atoms with van der Waals surface area (Å²) in [5.74, 6) is 0. The Labute approximate surface area is 144 Å². The Morgan fingerprint density at radius 2 is 1.71 bits per heavy atom. The van der Waals surface area contributed by atoms with Crippen molar-refractivity contribution >= 4 is 16.8 Å². The zero-order valence-corrected chi connectivity index (χ0v) is 14.5. The van der Waals surface area contributed by atoms with Gasteiger partial charge in [0, 0.05) is 26.2 Å². The molecule has 0 radical (unpaired) electrons. The van der Waals surface area contributed by atoms with Gasteiger partial charge in [0.05, 0.1) is 0 Å². The molecular weight excluding hydrogens is 331 g/mol. The number of rotatable bonds is 1. The molecular formula is C20H16Zr. The molecule has 0 heterocycles. The number of allylic oxidation sites excluding steroid dienone is 1. The van der Waals surface area contributed by atoms with Gasteiger partial charge < -0.3 is 0 Å². The van der Waals surface area contributed by atoms with E-state index in [1.807, 2.05) is 0 Å². The van der Waals surface area contributed by atoms with E-state index in [1.54, 1.807) is 0 Å². The number of hydrogen-bond donors (Lipinski definition) is 0. The van der Waals surface area contributed by atoms with Crippen LogP contribution in [0.4, 0.5) is 0 Å². The van der Waals surface area contributed by atoms with Gasteiger partial charge in [-0.2, -0.15) is 0 Å². The zero-order chi connectivity index (χ0) is 13.5. The van der Waals surface area contributed by atoms with Gasteiger partial charge in [-0.15, -0.1) is 0 Å². The van der Waals surface area contributed by atoms with Gasteiger partial charge in [0.1, 0.15) is 0 Å². The molecule has 1 heteroatoms. The summed E-state index contributed by atoms with van der Waals surface area (Å²) in [7, 11) is 0. The number of aryl methyl sites for hydroxylation is 1. The normalized spacial score (nSPS) is 12.2. The van der Waals surface area contributed by atoms with Crippen LogP contribution in [0.3, 0.4) is 0 Å². The standard InChI is InChI=1S/C20H16.Zr/c1-14-12-13-16-6-2-3-9-18(16)20(14)19-11-5-8-15-7-4-10-17(15)19;/h2-6,8-13H,7H2,1H3;. The van der Waals surface area contributed by atoms with Crippen LogP contribution in [0, 0.1) is 6.92 Å². The third kappa shape index (κ3) is 2.34. The van der Waals surface area contributed by atoms with Gasteiger partial charge in [-0.05, 0) is 51.9 Å². The first-order chi connectivity index (χ1) is 9.84. The van der Waals surface area contributed by atoms with Crippen LogP contribution < -0.4 is 0 Å². The maximum atomic E-state index is 2.27. The zero-order valence-electron chi connectivity index (χ0n) is 12.1. The van der Waals surface area contributed by atoms with Gasteiger partial charge in [0.2, 0.25) is 0 Å². The van der Waals surface area contributed by atoms with Crippen molar-refractivity contribution in [1.29, 1.82) is 0 Å². The quantitative estimate of drug-likeness (QED) is 0.554. The fourth-order valence-corrected chi connectivity index (χ4v) is 3.25. The van der Waals surface area contributed by atoms with Crippen molar-refractivity contribution in [3.63, 3.8) is 0 Å². The van der Waals surface area contributed by atoms with Crippen LogP contribution in [0.1, 0.15) is 16.7 Å². The second-order valence-corrected chi connectivity index (χ2v) is 5.46. The minimum atomic E-state index is 0. The Morgan fingerprint density at radius 3 is 2.62 bits per heavy atom. The first-order valence-electron chi connectivity index (χ1n) is 7.12. The van der Waals surface area contributed by atoms with Crippen LogP contribution in [0.25, 0.3) is 28.0 Å². The summed E-state index contributed by atoms with van der Waals surface area (Å²) in [6, 6.07) is 19.8. The van der Waals surface area contributed by atoms with E-state index >= 15 is 0 Å². The van der Waals surface area contributed by atoms with Crippen LogP contribution in [0.2, 0.25) is 0 Å². The number of hydrogen-bond acceptors (Lipinski definition) is 0. The Hall–Kier alpha value is -1.46. The predicted octanol–water partition coefficient (Wildman–Crippen LogP) is 5.38. The summed E-state index contributed by atoms with van der Waals surface area (Å²) in [6.07, 6.45) is 5.59. The van der Waals surface area contributed by atoms with Gasteiger partial charge in [-0.3, -0.25) is 0 Å². The molecule has 0 bridgehead atoms. The largest absolute Gasteiger partial charge is 0.0795 e. The fraction of sp³-hybridized carbons (Fsp3) is 0.100. The summed E-state index contributed by atoms with van der Waals surface area (Å²) in [6.45, 7) is 2.21. The van der Waals surface area contributed by atoms with Crippen molar-refractivity contribution in [2.75, 3.05) is 0 Å². The molecule has 0 saturated carbocycles. The molecule has 100 valence electrons. The minimum absolute atomic E-state index is 0. The molecule has 0 fully saturated rings. The van der Waals surface area contributed by atoms with E-state index in [0.29, 0.717) is 0 Å². The molecule has 1 aliphatic carbocycles. The minimum Gasteiger partial charge on any atom is -0.0795 e. The van der Waals surface area contributed by atoms with Gasteiger partial charge in [-0.25, -0.2) is 0 Å². The molecule has 0 amide bonds. The third-order valence-electron chi connectivity index (χ3n) is 4.23. The van der Waals surface area contributed by atoms with Crippen LogP contribution in [0.5, 0.6) is 0 Å². The van der Waals surface area contributed by atoms with E-state index in [-0.39, 0.29) is 26.2 Å². The Bertz CT molecular complexity index is 844. The molecule has 0 N–H and O–H groups in total. The van der Waals surface area contributed by atoms with Gasteiger partial charge in [0.15, 0.2) is 0 Å². The van der Waals surface area contributed by atoms with Crippen LogP contribution in [-0.2, 0) is 32.6 Å². The van der Waals surface area contributed by atoms with E-state index in [1.165, 1.54) is 38.6 Å². The van der Waals surface area contributed by atoms with Crippen LogP contribution >= 0.6 is 0 Å². The van der Waals surface area contributed by atoms with E-state index in [4.69, 9.17) is 0 Å². The monoisotopic (exact) mass is 346 g/mol. The first kappa shape index (κ1) is 14.5. The van der Waals surface area contributed by atoms with E-state index in [9.17, 15) is 0 Å². The summed E-state index contributed by atoms with van der Waals surface area (Å²) in [4.78, 5) is 0. The molecule has 21 heavy (non-hydrogen) atoms. The molecule has 0 unspecified atom stereocenters. The average Bonchev–Trinajstić information content (AvgIpc) is 2.96. The Morgan fingerprint density at radius 1 is 0.857 bits per heavy atom. The third-order valence-corrected chi connectivity index (χ3v) is 4.23. The smallest absolute Gasteiger partial charge is 0 e. The molecule has 1 aliphatic rings. The number of fused-ring (bicyclic) bond motifs is 2. The summed E-state index contributed by atoms with van der Waals surface area (Å²) < 4.78 is 0. The summed E-state index contributed by atoms with van der Waals surface area (Å²) in [5.41, 5.74) is 6.93. The van der Waals surface area contributed by atoms with Crippen molar-refractivity contribution in [1.82, 2.24) is 0 Å². The maximum absolute atomic E-state index is 2.27. The van der Waals surface area contributed by atoms with Crippen LogP contribution in [-0.4, -0.2) is 0 Å². The van der Waals surface area contributed by atoms with Crippen molar-refractivity contribution in [3.8, 4) is 11.1 Å². The van der Waals surface area contributed by atoms with Gasteiger partial charge in [-0.1, -0.05) is 66.7 Å².